The molecule has 1 aromatic heterocycles. The first-order chi connectivity index (χ1) is 12.3. The quantitative estimate of drug-likeness (QED) is 0.640. The Morgan fingerprint density at radius 1 is 1.00 bits per heavy atom. The zero-order valence-electron chi connectivity index (χ0n) is 13.5. The van der Waals surface area contributed by atoms with E-state index in [9.17, 15) is 13.2 Å². The fraction of sp³-hybridized carbons (Fsp3) is 0.118. The van der Waals surface area contributed by atoms with Gasteiger partial charge in [0, 0.05) is 10.7 Å². The fourth-order valence-electron chi connectivity index (χ4n) is 2.18. The van der Waals surface area contributed by atoms with Gasteiger partial charge in [0.2, 0.25) is 5.95 Å². The first-order valence-electron chi connectivity index (χ1n) is 7.48. The van der Waals surface area contributed by atoms with Crippen LogP contribution in [0.5, 0.6) is 0 Å². The predicted molar refractivity (Wildman–Crippen MR) is 94.0 cm³/mol. The first-order valence-corrected chi connectivity index (χ1v) is 7.86. The van der Waals surface area contributed by atoms with Gasteiger partial charge in [-0.1, -0.05) is 29.3 Å². The summed E-state index contributed by atoms with van der Waals surface area (Å²) in [6.07, 6.45) is -3.33. The summed E-state index contributed by atoms with van der Waals surface area (Å²) in [6, 6.07) is 10.9. The normalized spacial score (nSPS) is 11.3. The Labute approximate surface area is 152 Å². The Morgan fingerprint density at radius 3 is 2.42 bits per heavy atom. The summed E-state index contributed by atoms with van der Waals surface area (Å²) in [7, 11) is 0. The highest BCUT2D eigenvalue weighted by atomic mass is 35.5. The molecule has 0 atom stereocenters. The van der Waals surface area contributed by atoms with Crippen molar-refractivity contribution in [3.8, 4) is 0 Å². The lowest BCUT2D eigenvalue weighted by atomic mass is 10.1. The molecule has 26 heavy (non-hydrogen) atoms. The van der Waals surface area contributed by atoms with Crippen molar-refractivity contribution < 1.29 is 13.2 Å². The van der Waals surface area contributed by atoms with E-state index in [1.165, 1.54) is 18.3 Å². The molecule has 0 aliphatic carbocycles. The van der Waals surface area contributed by atoms with Crippen molar-refractivity contribution in [3.05, 3.63) is 64.8 Å². The molecule has 3 rings (SSSR count). The molecule has 0 saturated carbocycles. The SMILES string of the molecule is Cc1ccc(Nc2nncc(Nc3ccc(Cl)cc3C(F)(F)F)n2)cc1. The maximum atomic E-state index is 13.2. The molecule has 0 fully saturated rings. The van der Waals surface area contributed by atoms with Crippen LogP contribution < -0.4 is 10.6 Å². The van der Waals surface area contributed by atoms with Crippen LogP contribution in [0.2, 0.25) is 5.02 Å². The molecule has 0 unspecified atom stereocenters. The lowest BCUT2D eigenvalue weighted by Gasteiger charge is -2.14. The number of aromatic nitrogens is 3. The third-order valence-corrected chi connectivity index (χ3v) is 3.65. The van der Waals surface area contributed by atoms with Crippen molar-refractivity contribution in [3.63, 3.8) is 0 Å². The molecule has 0 radical (unpaired) electrons. The summed E-state index contributed by atoms with van der Waals surface area (Å²) in [6.45, 7) is 1.96. The van der Waals surface area contributed by atoms with E-state index in [2.05, 4.69) is 25.8 Å². The minimum absolute atomic E-state index is 0.00888. The molecule has 9 heteroatoms. The van der Waals surface area contributed by atoms with E-state index in [0.29, 0.717) is 0 Å². The highest BCUT2D eigenvalue weighted by Gasteiger charge is 2.34. The van der Waals surface area contributed by atoms with Crippen molar-refractivity contribution in [2.45, 2.75) is 13.1 Å². The molecule has 0 spiro atoms. The van der Waals surface area contributed by atoms with Gasteiger partial charge in [-0.05, 0) is 37.3 Å². The monoisotopic (exact) mass is 379 g/mol. The molecule has 2 aromatic carbocycles. The number of aryl methyl sites for hydroxylation is 1. The summed E-state index contributed by atoms with van der Waals surface area (Å²) in [5.74, 6) is 0.267. The first kappa shape index (κ1) is 17.9. The van der Waals surface area contributed by atoms with Crippen LogP contribution in [0.1, 0.15) is 11.1 Å². The molecule has 0 aliphatic rings. The van der Waals surface area contributed by atoms with Gasteiger partial charge in [-0.25, -0.2) is 0 Å². The summed E-state index contributed by atoms with van der Waals surface area (Å²) >= 11 is 5.68. The van der Waals surface area contributed by atoms with Crippen LogP contribution in [0.3, 0.4) is 0 Å². The average molecular weight is 380 g/mol. The molecule has 0 saturated heterocycles. The minimum Gasteiger partial charge on any atom is -0.338 e. The number of alkyl halides is 3. The molecule has 3 aromatic rings. The topological polar surface area (TPSA) is 62.7 Å². The molecule has 134 valence electrons. The summed E-state index contributed by atoms with van der Waals surface area (Å²) in [5, 5.41) is 13.1. The van der Waals surface area contributed by atoms with E-state index >= 15 is 0 Å². The predicted octanol–water partition coefficient (Wildman–Crippen LogP) is 5.34. The third-order valence-electron chi connectivity index (χ3n) is 3.42. The van der Waals surface area contributed by atoms with Gasteiger partial charge in [0.25, 0.3) is 0 Å². The molecule has 0 bridgehead atoms. The van der Waals surface area contributed by atoms with E-state index < -0.39 is 11.7 Å². The summed E-state index contributed by atoms with van der Waals surface area (Å²) in [4.78, 5) is 4.14. The Balaban J connectivity index is 1.84. The van der Waals surface area contributed by atoms with Gasteiger partial charge in [0.1, 0.15) is 0 Å². The number of hydrogen-bond donors (Lipinski definition) is 2. The second-order valence-corrected chi connectivity index (χ2v) is 5.91. The van der Waals surface area contributed by atoms with E-state index in [1.807, 2.05) is 31.2 Å². The number of nitrogens with one attached hydrogen (secondary N) is 2. The fourth-order valence-corrected chi connectivity index (χ4v) is 2.35. The number of benzene rings is 2. The van der Waals surface area contributed by atoms with Crippen LogP contribution in [-0.2, 0) is 6.18 Å². The second kappa shape index (κ2) is 7.17. The number of anilines is 4. The number of halogens is 4. The lowest BCUT2D eigenvalue weighted by molar-refractivity contribution is -0.136. The van der Waals surface area contributed by atoms with E-state index in [-0.39, 0.29) is 22.5 Å². The van der Waals surface area contributed by atoms with E-state index in [4.69, 9.17) is 11.6 Å². The molecular weight excluding hydrogens is 367 g/mol. The van der Waals surface area contributed by atoms with Gasteiger partial charge in [-0.2, -0.15) is 23.3 Å². The van der Waals surface area contributed by atoms with Gasteiger partial charge in [0.05, 0.1) is 17.4 Å². The van der Waals surface area contributed by atoms with Gasteiger partial charge in [-0.3, -0.25) is 0 Å². The zero-order valence-corrected chi connectivity index (χ0v) is 14.2. The Hall–Kier alpha value is -2.87. The van der Waals surface area contributed by atoms with Crippen molar-refractivity contribution in [2.24, 2.45) is 0 Å². The van der Waals surface area contributed by atoms with Crippen LogP contribution in [0.15, 0.2) is 48.7 Å². The highest BCUT2D eigenvalue weighted by Crippen LogP contribution is 2.37. The van der Waals surface area contributed by atoms with Crippen molar-refractivity contribution in [1.82, 2.24) is 15.2 Å². The maximum absolute atomic E-state index is 13.2. The van der Waals surface area contributed by atoms with E-state index in [0.717, 1.165) is 17.3 Å². The van der Waals surface area contributed by atoms with Crippen molar-refractivity contribution in [1.29, 1.82) is 0 Å². The second-order valence-electron chi connectivity index (χ2n) is 5.47. The molecule has 0 aliphatic heterocycles. The van der Waals surface area contributed by atoms with Gasteiger partial charge in [0.15, 0.2) is 5.82 Å². The molecular formula is C17H13ClF3N5. The highest BCUT2D eigenvalue weighted by molar-refractivity contribution is 6.30. The number of hydrogen-bond acceptors (Lipinski definition) is 5. The standard InChI is InChI=1S/C17H13ClF3N5/c1-10-2-5-12(6-3-10)23-16-25-15(9-22-26-16)24-14-7-4-11(18)8-13(14)17(19,20)21/h2-9H,1H3,(H2,23,24,25,26). The van der Waals surface area contributed by atoms with Crippen LogP contribution in [0.4, 0.5) is 36.3 Å². The van der Waals surface area contributed by atoms with Gasteiger partial charge in [-0.15, -0.1) is 5.10 Å². The molecule has 2 N–H and O–H groups in total. The Morgan fingerprint density at radius 2 is 1.73 bits per heavy atom. The van der Waals surface area contributed by atoms with Crippen molar-refractivity contribution in [2.75, 3.05) is 10.6 Å². The lowest BCUT2D eigenvalue weighted by Crippen LogP contribution is -2.10. The van der Waals surface area contributed by atoms with Crippen LogP contribution >= 0.6 is 11.6 Å². The maximum Gasteiger partial charge on any atom is 0.418 e. The number of nitrogens with zero attached hydrogens (tertiary/aromatic N) is 3. The Kier molecular flexibility index (Phi) is 4.94. The van der Waals surface area contributed by atoms with Crippen LogP contribution in [0.25, 0.3) is 0 Å². The smallest absolute Gasteiger partial charge is 0.338 e. The average Bonchev–Trinajstić information content (AvgIpc) is 2.58. The number of rotatable bonds is 4. The Bertz CT molecular complexity index is 913. The third kappa shape index (κ3) is 4.40. The molecule has 5 nitrogen and oxygen atoms in total. The largest absolute Gasteiger partial charge is 0.418 e. The van der Waals surface area contributed by atoms with E-state index in [1.54, 1.807) is 0 Å². The molecule has 0 amide bonds. The van der Waals surface area contributed by atoms with Crippen LogP contribution in [0, 0.1) is 6.92 Å². The van der Waals surface area contributed by atoms with Gasteiger partial charge < -0.3 is 10.6 Å². The van der Waals surface area contributed by atoms with Crippen molar-refractivity contribution >= 4 is 34.7 Å². The minimum atomic E-state index is -4.56. The van der Waals surface area contributed by atoms with Gasteiger partial charge >= 0.3 is 6.18 Å². The summed E-state index contributed by atoms with van der Waals surface area (Å²) < 4.78 is 39.5. The van der Waals surface area contributed by atoms with Crippen LogP contribution in [-0.4, -0.2) is 15.2 Å². The molecule has 1 heterocycles. The zero-order chi connectivity index (χ0) is 18.7. The summed E-state index contributed by atoms with van der Waals surface area (Å²) in [5.41, 5.74) is 0.754.